The van der Waals surface area contributed by atoms with Gasteiger partial charge in [-0.2, -0.15) is 0 Å². The number of aldehydes is 1. The van der Waals surface area contributed by atoms with Gasteiger partial charge in [-0.1, -0.05) is 56.9 Å². The number of esters is 1. The van der Waals surface area contributed by atoms with Gasteiger partial charge in [0.05, 0.1) is 11.0 Å². The molecule has 0 unspecified atom stereocenters. The summed E-state index contributed by atoms with van der Waals surface area (Å²) in [7, 11) is 0. The van der Waals surface area contributed by atoms with Gasteiger partial charge in [0.15, 0.2) is 17.9 Å². The number of carbonyl (C=O) groups is 4. The maximum Gasteiger partial charge on any atom is 0.317 e. The maximum atomic E-state index is 13.7. The molecule has 5 heteroatoms. The van der Waals surface area contributed by atoms with Crippen LogP contribution in [0.25, 0.3) is 0 Å². The number of rotatable bonds is 12. The van der Waals surface area contributed by atoms with Crippen LogP contribution in [0.15, 0.2) is 42.5 Å². The molecule has 5 nitrogen and oxygen atoms in total. The van der Waals surface area contributed by atoms with Crippen molar-refractivity contribution in [2.75, 3.05) is 0 Å². The highest BCUT2D eigenvalue weighted by Crippen LogP contribution is 2.60. The van der Waals surface area contributed by atoms with E-state index in [4.69, 9.17) is 4.74 Å². The molecule has 0 aromatic heterocycles. The van der Waals surface area contributed by atoms with Crippen molar-refractivity contribution in [1.82, 2.24) is 0 Å². The molecule has 4 aliphatic carbocycles. The Morgan fingerprint density at radius 1 is 0.868 bits per heavy atom. The molecule has 4 aliphatic rings. The molecule has 0 atom stereocenters. The predicted molar refractivity (Wildman–Crippen MR) is 146 cm³/mol. The van der Waals surface area contributed by atoms with E-state index in [1.807, 2.05) is 0 Å². The summed E-state index contributed by atoms with van der Waals surface area (Å²) in [6.45, 7) is 2.16. The van der Waals surface area contributed by atoms with Crippen LogP contribution < -0.4 is 4.74 Å². The van der Waals surface area contributed by atoms with E-state index in [0.29, 0.717) is 36.0 Å². The van der Waals surface area contributed by atoms with Gasteiger partial charge >= 0.3 is 5.97 Å². The van der Waals surface area contributed by atoms with Crippen molar-refractivity contribution >= 4 is 23.8 Å². The Labute approximate surface area is 225 Å². The summed E-state index contributed by atoms with van der Waals surface area (Å²) >= 11 is 0. The number of hydrogen-bond donors (Lipinski definition) is 0. The first-order valence-corrected chi connectivity index (χ1v) is 14.4. The van der Waals surface area contributed by atoms with Crippen LogP contribution in [0, 0.1) is 23.2 Å². The maximum absolute atomic E-state index is 13.7. The summed E-state index contributed by atoms with van der Waals surface area (Å²) in [6, 6.07) is 11.4. The molecule has 4 bridgehead atoms. The summed E-state index contributed by atoms with van der Waals surface area (Å²) in [6.07, 6.45) is 12.5. The number of carbonyl (C=O) groups excluding carboxylic acids is 4. The number of ketones is 2. The van der Waals surface area contributed by atoms with Gasteiger partial charge in [-0.15, -0.1) is 0 Å². The average molecular weight is 515 g/mol. The topological polar surface area (TPSA) is 77.5 Å². The van der Waals surface area contributed by atoms with Crippen LogP contribution in [0.3, 0.4) is 0 Å². The van der Waals surface area contributed by atoms with Crippen LogP contribution >= 0.6 is 0 Å². The van der Waals surface area contributed by atoms with Gasteiger partial charge in [0, 0.05) is 23.1 Å². The second-order valence-corrected chi connectivity index (χ2v) is 11.9. The first-order valence-electron chi connectivity index (χ1n) is 14.4. The van der Waals surface area contributed by atoms with E-state index in [0.717, 1.165) is 51.4 Å². The summed E-state index contributed by atoms with van der Waals surface area (Å²) in [4.78, 5) is 52.1. The molecule has 2 aromatic carbocycles. The molecular formula is C33H38O5. The summed E-state index contributed by atoms with van der Waals surface area (Å²) in [5.74, 6) is 1.25. The Hall–Kier alpha value is -3.08. The van der Waals surface area contributed by atoms with E-state index in [-0.39, 0.29) is 34.2 Å². The molecule has 0 radical (unpaired) electrons. The van der Waals surface area contributed by atoms with Crippen LogP contribution in [-0.4, -0.2) is 23.8 Å². The van der Waals surface area contributed by atoms with E-state index in [1.165, 1.54) is 19.3 Å². The zero-order chi connectivity index (χ0) is 26.7. The Morgan fingerprint density at radius 2 is 1.53 bits per heavy atom. The minimum Gasteiger partial charge on any atom is -0.425 e. The van der Waals surface area contributed by atoms with Crippen molar-refractivity contribution in [2.45, 2.75) is 84.0 Å². The van der Waals surface area contributed by atoms with E-state index in [1.54, 1.807) is 42.5 Å². The molecule has 4 saturated carbocycles. The lowest BCUT2D eigenvalue weighted by Crippen LogP contribution is -2.51. The second-order valence-electron chi connectivity index (χ2n) is 11.9. The van der Waals surface area contributed by atoms with Gasteiger partial charge < -0.3 is 4.74 Å². The lowest BCUT2D eigenvalue weighted by atomic mass is 9.49. The Kier molecular flexibility index (Phi) is 7.92. The van der Waals surface area contributed by atoms with Crippen LogP contribution in [0.2, 0.25) is 0 Å². The largest absolute Gasteiger partial charge is 0.425 e. The van der Waals surface area contributed by atoms with Crippen molar-refractivity contribution in [1.29, 1.82) is 0 Å². The zero-order valence-electron chi connectivity index (χ0n) is 22.4. The Balaban J connectivity index is 1.42. The summed E-state index contributed by atoms with van der Waals surface area (Å²) < 4.78 is 6.05. The first-order chi connectivity index (χ1) is 18.4. The SMILES string of the molecule is CCCCCCCC(=O)c1ccc(OC(=O)C23CC4CC(CC(C4)C2)C3)c(C(=O)c2ccccc2C=O)c1. The van der Waals surface area contributed by atoms with Gasteiger partial charge in [-0.05, 0) is 80.9 Å². The minimum absolute atomic E-state index is 0.0295. The number of unbranched alkanes of at least 4 members (excludes halogenated alkanes) is 4. The highest BCUT2D eigenvalue weighted by atomic mass is 16.5. The standard InChI is InChI=1S/C33H38O5/c1-2-3-4-5-6-11-29(35)25-12-13-30(28(17-25)31(36)27-10-8-7-9-26(27)21-34)38-32(37)33-18-22-14-23(19-33)16-24(15-22)20-33/h7-10,12-13,17,21-24H,2-6,11,14-16,18-20H2,1H3. The highest BCUT2D eigenvalue weighted by Gasteiger charge is 2.55. The third kappa shape index (κ3) is 5.39. The smallest absolute Gasteiger partial charge is 0.317 e. The normalized spacial score (nSPS) is 25.2. The monoisotopic (exact) mass is 514 g/mol. The fourth-order valence-corrected chi connectivity index (χ4v) is 7.52. The average Bonchev–Trinajstić information content (AvgIpc) is 2.92. The van der Waals surface area contributed by atoms with Crippen molar-refractivity contribution < 1.29 is 23.9 Å². The predicted octanol–water partition coefficient (Wildman–Crippen LogP) is 7.40. The molecule has 4 fully saturated rings. The first kappa shape index (κ1) is 26.5. The number of benzene rings is 2. The molecule has 2 aromatic rings. The van der Waals surface area contributed by atoms with Crippen molar-refractivity contribution in [3.05, 3.63) is 64.7 Å². The van der Waals surface area contributed by atoms with Crippen LogP contribution in [0.4, 0.5) is 0 Å². The second kappa shape index (κ2) is 11.3. The molecule has 0 heterocycles. The third-order valence-electron chi connectivity index (χ3n) is 9.06. The van der Waals surface area contributed by atoms with E-state index < -0.39 is 11.2 Å². The Bertz CT molecular complexity index is 1190. The molecule has 6 rings (SSSR count). The van der Waals surface area contributed by atoms with Crippen LogP contribution in [-0.2, 0) is 4.79 Å². The zero-order valence-corrected chi connectivity index (χ0v) is 22.4. The molecule has 0 saturated heterocycles. The van der Waals surface area contributed by atoms with E-state index in [2.05, 4.69) is 6.92 Å². The van der Waals surface area contributed by atoms with Crippen molar-refractivity contribution in [2.24, 2.45) is 23.2 Å². The molecule has 0 spiro atoms. The molecule has 200 valence electrons. The highest BCUT2D eigenvalue weighted by molar-refractivity contribution is 6.15. The number of hydrogen-bond acceptors (Lipinski definition) is 5. The van der Waals surface area contributed by atoms with Gasteiger partial charge in [0.2, 0.25) is 0 Å². The quantitative estimate of drug-likeness (QED) is 0.0970. The van der Waals surface area contributed by atoms with Crippen molar-refractivity contribution in [3.63, 3.8) is 0 Å². The van der Waals surface area contributed by atoms with Gasteiger partial charge in [-0.3, -0.25) is 19.2 Å². The van der Waals surface area contributed by atoms with E-state index in [9.17, 15) is 19.2 Å². The van der Waals surface area contributed by atoms with Gasteiger partial charge in [0.25, 0.3) is 0 Å². The van der Waals surface area contributed by atoms with Crippen LogP contribution in [0.1, 0.15) is 121 Å². The summed E-state index contributed by atoms with van der Waals surface area (Å²) in [5.41, 5.74) is 0.626. The van der Waals surface area contributed by atoms with Gasteiger partial charge in [0.1, 0.15) is 5.75 Å². The third-order valence-corrected chi connectivity index (χ3v) is 9.06. The fourth-order valence-electron chi connectivity index (χ4n) is 7.52. The molecule has 0 amide bonds. The number of ether oxygens (including phenoxy) is 1. The van der Waals surface area contributed by atoms with Crippen molar-refractivity contribution in [3.8, 4) is 5.75 Å². The van der Waals surface area contributed by atoms with Gasteiger partial charge in [-0.25, -0.2) is 0 Å². The summed E-state index contributed by atoms with van der Waals surface area (Å²) in [5, 5.41) is 0. The molecule has 0 N–H and O–H groups in total. The minimum atomic E-state index is -0.469. The fraction of sp³-hybridized carbons (Fsp3) is 0.515. The lowest BCUT2D eigenvalue weighted by molar-refractivity contribution is -0.161. The van der Waals surface area contributed by atoms with Crippen LogP contribution in [0.5, 0.6) is 5.75 Å². The number of Topliss-reactive ketones (excluding diaryl/α,β-unsaturated/α-hetero) is 1. The Morgan fingerprint density at radius 3 is 2.18 bits per heavy atom. The molecule has 38 heavy (non-hydrogen) atoms. The molecule has 0 aliphatic heterocycles. The van der Waals surface area contributed by atoms with E-state index >= 15 is 0 Å². The lowest BCUT2D eigenvalue weighted by Gasteiger charge is -2.55. The molecular weight excluding hydrogens is 476 g/mol.